The summed E-state index contributed by atoms with van der Waals surface area (Å²) in [5.41, 5.74) is 4.94. The van der Waals surface area contributed by atoms with Gasteiger partial charge in [0.15, 0.2) is 34.8 Å². The Kier molecular flexibility index (Phi) is 36.0. The Labute approximate surface area is 833 Å². The molecule has 0 amide bonds. The van der Waals surface area contributed by atoms with Crippen molar-refractivity contribution in [3.8, 4) is 64.7 Å². The Hall–Kier alpha value is -9.48. The second-order valence-corrected chi connectivity index (χ2v) is 46.8. The normalized spacial score (nSPS) is 14.5. The molecule has 6 aromatic heterocycles. The highest BCUT2D eigenvalue weighted by Gasteiger charge is 2.55. The van der Waals surface area contributed by atoms with Crippen molar-refractivity contribution in [1.29, 1.82) is 21.0 Å². The third-order valence-corrected chi connectivity index (χ3v) is 36.1. The zero-order valence-corrected chi connectivity index (χ0v) is 86.7. The minimum atomic E-state index is -1.26. The molecule has 4 aromatic carbocycles. The molecule has 20 heteroatoms. The number of unbranched alkanes of at least 4 members (excludes halogenated alkanes) is 32. The number of Topliss-reactive ketones (excluding diaryl/α,β-unsaturated/α-hetero) is 2. The molecule has 14 rings (SSSR count). The molecule has 4 aliphatic rings. The topological polar surface area (TPSA) is 182 Å². The lowest BCUT2D eigenvalue weighted by Gasteiger charge is -2.31. The molecular formula is C117H132F4N4O6S6. The van der Waals surface area contributed by atoms with Gasteiger partial charge in [0.25, 0.3) is 0 Å². The van der Waals surface area contributed by atoms with E-state index in [4.69, 9.17) is 9.47 Å². The zero-order chi connectivity index (χ0) is 97.2. The molecule has 10 aromatic rings. The number of rotatable bonds is 50. The first kappa shape index (κ1) is 103. The fourth-order valence-corrected chi connectivity index (χ4v) is 28.3. The fraction of sp³-hybridized carbons (Fsp3) is 0.487. The van der Waals surface area contributed by atoms with Crippen molar-refractivity contribution in [2.24, 2.45) is 11.8 Å². The summed E-state index contributed by atoms with van der Waals surface area (Å²) < 4.78 is 76.2. The van der Waals surface area contributed by atoms with Crippen LogP contribution < -0.4 is 0 Å². The average molecular weight is 1960 g/mol. The molecule has 0 fully saturated rings. The maximum atomic E-state index is 15.5. The number of nitriles is 4. The van der Waals surface area contributed by atoms with E-state index in [0.717, 1.165) is 175 Å². The van der Waals surface area contributed by atoms with Crippen molar-refractivity contribution in [1.82, 2.24) is 0 Å². The van der Waals surface area contributed by atoms with E-state index < -0.39 is 63.3 Å². The molecule has 6 heterocycles. The number of hydrogen-bond donors (Lipinski definition) is 0. The molecule has 1 spiro atoms. The van der Waals surface area contributed by atoms with Gasteiger partial charge in [0.1, 0.15) is 45.2 Å². The van der Waals surface area contributed by atoms with Crippen molar-refractivity contribution in [3.63, 3.8) is 0 Å². The van der Waals surface area contributed by atoms with Gasteiger partial charge in [-0.3, -0.25) is 9.59 Å². The second kappa shape index (κ2) is 47.7. The number of fused-ring (bicyclic) bond motifs is 14. The van der Waals surface area contributed by atoms with Crippen LogP contribution in [0, 0.1) is 80.4 Å². The lowest BCUT2D eigenvalue weighted by atomic mass is 9.69. The van der Waals surface area contributed by atoms with E-state index in [9.17, 15) is 21.0 Å². The summed E-state index contributed by atoms with van der Waals surface area (Å²) in [6.45, 7) is 22.8. The van der Waals surface area contributed by atoms with Crippen LogP contribution in [0.3, 0.4) is 0 Å². The minimum Gasteiger partial charge on any atom is -0.461 e. The van der Waals surface area contributed by atoms with Crippen LogP contribution in [0.5, 0.6) is 0 Å². The van der Waals surface area contributed by atoms with E-state index in [1.165, 1.54) is 225 Å². The summed E-state index contributed by atoms with van der Waals surface area (Å²) >= 11 is 8.42. The molecule has 0 saturated carbocycles. The standard InChI is InChI=1S/C117H132F4N4O6S6/c1-11-15-19-23-27-31-33-37-41-45-49-73(47-43-39-35-29-25-21-17-13-3)71-130-113(128)101-63-87-107(136-101)97(61-85-103(75(67-122)68-123)81-57-93(118)95(120)59-83(81)105(85)126)132-109(87)99-65-91-111(134-99)112-92(117(91)89-55-77(115(5,6)7)51-53-79(89)80-54-52-78(56-90(80)117)116(8,9)10)66-100(135-112)110-88-64-102(137-108(88)98(133-110)62-86-104(76(69-124)70-125)82-58-94(119)96(121)60-84(82)106(86)127)114(129)131-72-74(48-44-40-36-30-26-22-18-14-4)50-46-42-38-34-32-28-24-20-16-12-2/h51-66,73-74H,11-50,71-72H2,1-10H3/b85-61-,86-62-. The van der Waals surface area contributed by atoms with Gasteiger partial charge in [0.05, 0.1) is 47.5 Å². The van der Waals surface area contributed by atoms with Gasteiger partial charge in [-0.2, -0.15) is 21.0 Å². The molecule has 0 aliphatic heterocycles. The quantitative estimate of drug-likeness (QED) is 0.0117. The van der Waals surface area contributed by atoms with Gasteiger partial charge in [-0.15, -0.1) is 68.0 Å². The Morgan fingerprint density at radius 2 is 0.650 bits per heavy atom. The number of carbonyl (C=O) groups excluding carboxylic acids is 4. The summed E-state index contributed by atoms with van der Waals surface area (Å²) in [5.74, 6) is -7.07. The van der Waals surface area contributed by atoms with Crippen LogP contribution >= 0.6 is 68.0 Å². The van der Waals surface area contributed by atoms with Crippen LogP contribution in [0.2, 0.25) is 0 Å². The first-order chi connectivity index (χ1) is 66.2. The number of halogens is 4. The van der Waals surface area contributed by atoms with E-state index >= 15 is 36.7 Å². The van der Waals surface area contributed by atoms with E-state index in [2.05, 4.69) is 118 Å². The van der Waals surface area contributed by atoms with Crippen molar-refractivity contribution in [2.75, 3.05) is 13.2 Å². The summed E-state index contributed by atoms with van der Waals surface area (Å²) in [7, 11) is 0. The van der Waals surface area contributed by atoms with Gasteiger partial charge in [-0.25, -0.2) is 27.2 Å². The van der Waals surface area contributed by atoms with Crippen LogP contribution in [0.1, 0.15) is 420 Å². The highest BCUT2D eigenvalue weighted by molar-refractivity contribution is 7.32. The lowest BCUT2D eigenvalue weighted by Crippen LogP contribution is -2.26. The van der Waals surface area contributed by atoms with E-state index in [1.807, 2.05) is 36.4 Å². The van der Waals surface area contributed by atoms with E-state index in [1.54, 1.807) is 34.8 Å². The third kappa shape index (κ3) is 23.2. The maximum Gasteiger partial charge on any atom is 0.348 e. The minimum absolute atomic E-state index is 0.0775. The maximum absolute atomic E-state index is 15.5. The van der Waals surface area contributed by atoms with Gasteiger partial charge in [0, 0.05) is 63.7 Å². The second-order valence-electron chi connectivity index (χ2n) is 40.5. The zero-order valence-electron chi connectivity index (χ0n) is 81.8. The molecule has 0 saturated heterocycles. The van der Waals surface area contributed by atoms with Crippen molar-refractivity contribution >= 4 is 135 Å². The largest absolute Gasteiger partial charge is 0.461 e. The third-order valence-electron chi connectivity index (χ3n) is 28.5. The van der Waals surface area contributed by atoms with Crippen LogP contribution in [0.25, 0.3) is 83.9 Å². The molecule has 0 bridgehead atoms. The fourth-order valence-electron chi connectivity index (χ4n) is 20.7. The van der Waals surface area contributed by atoms with Crippen molar-refractivity contribution < 1.29 is 46.2 Å². The van der Waals surface area contributed by atoms with Crippen LogP contribution in [0.15, 0.2) is 107 Å². The van der Waals surface area contributed by atoms with E-state index in [0.29, 0.717) is 39.7 Å². The van der Waals surface area contributed by atoms with Crippen molar-refractivity contribution in [3.05, 3.63) is 206 Å². The predicted octanol–water partition coefficient (Wildman–Crippen LogP) is 36.6. The SMILES string of the molecule is CCCCCCCCCCCCC(CCCCCCCCCC)COC(=O)c1cc2c(-c3cc4c(s3)-c3sc(-c5sc(/C=C6\C(=O)c7cc(F)c(F)cc7C6=C(C#N)C#N)c6sc(C(=O)OCC(CCCCCCCCCC)CCCCCCCCCCCC)cc56)cc3C43c4cc(C(C)(C)C)ccc4-c4ccc(C(C)(C)C)cc43)sc(/C=C3\C(=O)c4cc(F)c(F)cc4C3=C(C#N)C#N)c2s1. The number of hydrogen-bond acceptors (Lipinski definition) is 16. The number of carbonyl (C=O) groups is 4. The highest BCUT2D eigenvalue weighted by Crippen LogP contribution is 2.69. The monoisotopic (exact) mass is 1960 g/mol. The first-order valence-electron chi connectivity index (χ1n) is 50.9. The molecule has 2 atom stereocenters. The van der Waals surface area contributed by atoms with Gasteiger partial charge in [0.2, 0.25) is 0 Å². The predicted molar refractivity (Wildman–Crippen MR) is 562 cm³/mol. The van der Waals surface area contributed by atoms with Gasteiger partial charge in [-0.1, -0.05) is 337 Å². The van der Waals surface area contributed by atoms with Gasteiger partial charge < -0.3 is 9.47 Å². The molecule has 2 unspecified atom stereocenters. The van der Waals surface area contributed by atoms with Crippen LogP contribution in [0.4, 0.5) is 17.6 Å². The molecule has 720 valence electrons. The number of ether oxygens (including phenoxy) is 2. The van der Waals surface area contributed by atoms with Crippen LogP contribution in [-0.4, -0.2) is 36.7 Å². The number of benzene rings is 4. The summed E-state index contributed by atoms with van der Waals surface area (Å²) in [4.78, 5) is 67.4. The van der Waals surface area contributed by atoms with Gasteiger partial charge in [-0.05, 0) is 165 Å². The Morgan fingerprint density at radius 1 is 0.358 bits per heavy atom. The number of esters is 2. The smallest absolute Gasteiger partial charge is 0.348 e. The number of nitrogens with zero attached hydrogens (tertiary/aromatic N) is 4. The molecule has 0 N–H and O–H groups in total. The lowest BCUT2D eigenvalue weighted by molar-refractivity contribution is 0.0419. The Bertz CT molecular complexity index is 5990. The molecular weight excluding hydrogens is 1830 g/mol. The Balaban J connectivity index is 0.913. The molecule has 137 heavy (non-hydrogen) atoms. The number of allylic oxidation sites excluding steroid dienone is 6. The summed E-state index contributed by atoms with van der Waals surface area (Å²) in [5, 5.41) is 43.9. The molecule has 10 nitrogen and oxygen atoms in total. The molecule has 0 radical (unpaired) electrons. The van der Waals surface area contributed by atoms with Crippen LogP contribution in [-0.2, 0) is 25.7 Å². The Morgan fingerprint density at radius 3 is 0.942 bits per heavy atom. The number of thiophene rings is 6. The highest BCUT2D eigenvalue weighted by atomic mass is 32.1. The summed E-state index contributed by atoms with van der Waals surface area (Å²) in [6.07, 6.45) is 50.3. The van der Waals surface area contributed by atoms with Gasteiger partial charge >= 0.3 is 11.9 Å². The average Bonchev–Trinajstić information content (AvgIpc) is 1.49. The van der Waals surface area contributed by atoms with E-state index in [-0.39, 0.29) is 80.4 Å². The molecule has 4 aliphatic carbocycles. The number of ketones is 2. The summed E-state index contributed by atoms with van der Waals surface area (Å²) in [6, 6.07) is 33.2. The van der Waals surface area contributed by atoms with Crippen molar-refractivity contribution in [2.45, 2.75) is 342 Å². The first-order valence-corrected chi connectivity index (χ1v) is 55.8.